The molecule has 10 heteroatoms. The molecule has 1 aromatic rings. The summed E-state index contributed by atoms with van der Waals surface area (Å²) in [5.41, 5.74) is 0. The molecule has 1 saturated heterocycles. The molecule has 1 amide bonds. The van der Waals surface area contributed by atoms with Gasteiger partial charge in [0.25, 0.3) is 0 Å². The second-order valence-corrected chi connectivity index (χ2v) is 4.77. The van der Waals surface area contributed by atoms with Crippen molar-refractivity contribution in [1.29, 1.82) is 0 Å². The third-order valence-corrected chi connectivity index (χ3v) is 2.99. The first kappa shape index (κ1) is 17.2. The Kier molecular flexibility index (Phi) is 5.30. The SMILES string of the molecule is Cc1oc(=O)oc1COC(=O)/C=C/C(=O)OCC1NC(=O)CC1=O. The quantitative estimate of drug-likeness (QED) is 0.398. The first-order valence-electron chi connectivity index (χ1n) is 6.78. The molecule has 0 aliphatic carbocycles. The molecule has 1 unspecified atom stereocenters. The van der Waals surface area contributed by atoms with Crippen LogP contribution in [0.4, 0.5) is 0 Å². The molecule has 0 spiro atoms. The number of ether oxygens (including phenoxy) is 2. The summed E-state index contributed by atoms with van der Waals surface area (Å²) in [7, 11) is 0. The summed E-state index contributed by atoms with van der Waals surface area (Å²) in [6.07, 6.45) is 1.38. The standard InChI is InChI=1S/C14H13NO9/c1-7-10(24-14(20)23-7)6-22-13(19)3-2-12(18)21-5-8-9(16)4-11(17)15-8/h2-3,8H,4-6H2,1H3,(H,15,17)/b3-2+. The lowest BCUT2D eigenvalue weighted by Crippen LogP contribution is -2.34. The lowest BCUT2D eigenvalue weighted by atomic mass is 10.2. The van der Waals surface area contributed by atoms with Gasteiger partial charge in [0.15, 0.2) is 23.9 Å². The summed E-state index contributed by atoms with van der Waals surface area (Å²) >= 11 is 0. The number of hydrogen-bond acceptors (Lipinski definition) is 9. The van der Waals surface area contributed by atoms with Crippen molar-refractivity contribution in [2.24, 2.45) is 0 Å². The molecular weight excluding hydrogens is 326 g/mol. The Morgan fingerprint density at radius 1 is 1.17 bits per heavy atom. The molecule has 2 rings (SSSR count). The summed E-state index contributed by atoms with van der Waals surface area (Å²) in [5.74, 6) is -3.23. The number of amides is 1. The Balaban J connectivity index is 1.73. The van der Waals surface area contributed by atoms with Crippen molar-refractivity contribution in [3.05, 3.63) is 34.3 Å². The molecule has 0 saturated carbocycles. The zero-order chi connectivity index (χ0) is 17.7. The Labute approximate surface area is 134 Å². The number of hydrogen-bond donors (Lipinski definition) is 1. The van der Waals surface area contributed by atoms with Crippen LogP contribution in [0.5, 0.6) is 0 Å². The van der Waals surface area contributed by atoms with Crippen molar-refractivity contribution >= 4 is 23.6 Å². The highest BCUT2D eigenvalue weighted by molar-refractivity contribution is 6.07. The average molecular weight is 339 g/mol. The van der Waals surface area contributed by atoms with Crippen LogP contribution in [0, 0.1) is 6.92 Å². The minimum Gasteiger partial charge on any atom is -0.460 e. The summed E-state index contributed by atoms with van der Waals surface area (Å²) in [6.45, 7) is 0.810. The van der Waals surface area contributed by atoms with Crippen molar-refractivity contribution < 1.29 is 37.5 Å². The number of esters is 2. The normalized spacial score (nSPS) is 17.1. The molecule has 1 fully saturated rings. The molecule has 10 nitrogen and oxygen atoms in total. The monoisotopic (exact) mass is 339 g/mol. The zero-order valence-corrected chi connectivity index (χ0v) is 12.5. The predicted octanol–water partition coefficient (Wildman–Crippen LogP) is -0.859. The predicted molar refractivity (Wildman–Crippen MR) is 73.4 cm³/mol. The minimum absolute atomic E-state index is 0.0554. The van der Waals surface area contributed by atoms with Gasteiger partial charge in [0.1, 0.15) is 12.6 Å². The van der Waals surface area contributed by atoms with Gasteiger partial charge < -0.3 is 23.6 Å². The van der Waals surface area contributed by atoms with E-state index >= 15 is 0 Å². The summed E-state index contributed by atoms with van der Waals surface area (Å²) in [5, 5.41) is 2.34. The van der Waals surface area contributed by atoms with Crippen LogP contribution >= 0.6 is 0 Å². The van der Waals surface area contributed by atoms with E-state index in [4.69, 9.17) is 9.47 Å². The van der Waals surface area contributed by atoms with E-state index in [1.165, 1.54) is 6.92 Å². The third-order valence-electron chi connectivity index (χ3n) is 2.99. The minimum atomic E-state index is -0.911. The maximum atomic E-state index is 11.4. The lowest BCUT2D eigenvalue weighted by Gasteiger charge is -2.07. The molecular formula is C14H13NO9. The average Bonchev–Trinajstić information content (AvgIpc) is 3.01. The van der Waals surface area contributed by atoms with Gasteiger partial charge in [-0.15, -0.1) is 0 Å². The largest absolute Gasteiger partial charge is 0.519 e. The number of rotatable bonds is 6. The van der Waals surface area contributed by atoms with Crippen LogP contribution in [-0.4, -0.2) is 36.3 Å². The van der Waals surface area contributed by atoms with Gasteiger partial charge in [-0.3, -0.25) is 9.59 Å². The van der Waals surface area contributed by atoms with Crippen LogP contribution in [0.25, 0.3) is 0 Å². The number of ketones is 1. The molecule has 0 bridgehead atoms. The van der Waals surface area contributed by atoms with Gasteiger partial charge in [0.2, 0.25) is 5.91 Å². The van der Waals surface area contributed by atoms with Crippen LogP contribution in [0.3, 0.4) is 0 Å². The van der Waals surface area contributed by atoms with E-state index in [0.717, 1.165) is 12.2 Å². The molecule has 1 N–H and O–H groups in total. The number of carbonyl (C=O) groups excluding carboxylic acids is 4. The zero-order valence-electron chi connectivity index (χ0n) is 12.5. The lowest BCUT2D eigenvalue weighted by molar-refractivity contribution is -0.142. The first-order valence-corrected chi connectivity index (χ1v) is 6.78. The van der Waals surface area contributed by atoms with Crippen LogP contribution < -0.4 is 11.1 Å². The maximum Gasteiger partial charge on any atom is 0.519 e. The molecule has 1 aliphatic rings. The smallest absolute Gasteiger partial charge is 0.460 e. The summed E-state index contributed by atoms with van der Waals surface area (Å²) < 4.78 is 18.7. The van der Waals surface area contributed by atoms with Crippen molar-refractivity contribution in [2.45, 2.75) is 26.0 Å². The van der Waals surface area contributed by atoms with Gasteiger partial charge in [-0.05, 0) is 6.92 Å². The Morgan fingerprint density at radius 3 is 2.38 bits per heavy atom. The summed E-state index contributed by atoms with van der Waals surface area (Å²) in [4.78, 5) is 55.9. The molecule has 1 aliphatic heterocycles. The van der Waals surface area contributed by atoms with E-state index < -0.39 is 29.7 Å². The molecule has 1 aromatic heterocycles. The highest BCUT2D eigenvalue weighted by Crippen LogP contribution is 2.06. The van der Waals surface area contributed by atoms with Crippen molar-refractivity contribution in [3.63, 3.8) is 0 Å². The van der Waals surface area contributed by atoms with Crippen LogP contribution in [0.2, 0.25) is 0 Å². The van der Waals surface area contributed by atoms with Gasteiger partial charge >= 0.3 is 17.8 Å². The van der Waals surface area contributed by atoms with Gasteiger partial charge in [-0.25, -0.2) is 14.4 Å². The van der Waals surface area contributed by atoms with E-state index in [0.29, 0.717) is 0 Å². The number of aryl methyl sites for hydroxylation is 1. The highest BCUT2D eigenvalue weighted by atomic mass is 16.6. The first-order chi connectivity index (χ1) is 11.3. The highest BCUT2D eigenvalue weighted by Gasteiger charge is 2.30. The van der Waals surface area contributed by atoms with Crippen LogP contribution in [0.15, 0.2) is 25.8 Å². The fourth-order valence-corrected chi connectivity index (χ4v) is 1.78. The third kappa shape index (κ3) is 4.66. The van der Waals surface area contributed by atoms with E-state index in [-0.39, 0.29) is 36.9 Å². The van der Waals surface area contributed by atoms with Gasteiger partial charge in [0, 0.05) is 12.2 Å². The van der Waals surface area contributed by atoms with Gasteiger partial charge in [-0.2, -0.15) is 0 Å². The molecule has 0 radical (unpaired) electrons. The Bertz CT molecular complexity index is 755. The summed E-state index contributed by atoms with van der Waals surface area (Å²) in [6, 6.07) is -0.867. The van der Waals surface area contributed by atoms with Gasteiger partial charge in [0.05, 0.1) is 6.42 Å². The van der Waals surface area contributed by atoms with E-state index in [9.17, 15) is 24.0 Å². The van der Waals surface area contributed by atoms with E-state index in [2.05, 4.69) is 14.2 Å². The molecule has 128 valence electrons. The number of Topliss-reactive ketones (excluding diaryl/α,β-unsaturated/α-hetero) is 1. The number of nitrogens with one attached hydrogen (secondary N) is 1. The second kappa shape index (κ2) is 7.40. The molecule has 2 heterocycles. The van der Waals surface area contributed by atoms with Crippen molar-refractivity contribution in [3.8, 4) is 0 Å². The Hall–Kier alpha value is -3.17. The molecule has 24 heavy (non-hydrogen) atoms. The van der Waals surface area contributed by atoms with Crippen LogP contribution in [0.1, 0.15) is 17.9 Å². The van der Waals surface area contributed by atoms with E-state index in [1.807, 2.05) is 0 Å². The number of carbonyl (C=O) groups is 4. The topological polar surface area (TPSA) is 142 Å². The van der Waals surface area contributed by atoms with E-state index in [1.54, 1.807) is 0 Å². The van der Waals surface area contributed by atoms with Crippen molar-refractivity contribution in [2.75, 3.05) is 6.61 Å². The maximum absolute atomic E-state index is 11.4. The van der Waals surface area contributed by atoms with Crippen LogP contribution in [-0.2, 0) is 35.3 Å². The molecule has 0 aromatic carbocycles. The van der Waals surface area contributed by atoms with Gasteiger partial charge in [-0.1, -0.05) is 0 Å². The van der Waals surface area contributed by atoms with Crippen molar-refractivity contribution in [1.82, 2.24) is 5.32 Å². The molecule has 1 atom stereocenters. The fourth-order valence-electron chi connectivity index (χ4n) is 1.78. The second-order valence-electron chi connectivity index (χ2n) is 4.77. The fraction of sp³-hybridized carbons (Fsp3) is 0.357. The Morgan fingerprint density at radius 2 is 1.83 bits per heavy atom.